The van der Waals surface area contributed by atoms with Crippen LogP contribution >= 0.6 is 0 Å². The van der Waals surface area contributed by atoms with Crippen LogP contribution in [0.1, 0.15) is 37.5 Å². The molecule has 0 amide bonds. The molecule has 0 spiro atoms. The average Bonchev–Trinajstić information content (AvgIpc) is 3.13. The van der Waals surface area contributed by atoms with Crippen LogP contribution in [0.25, 0.3) is 44.3 Å². The summed E-state index contributed by atoms with van der Waals surface area (Å²) in [6.07, 6.45) is 2.17. The van der Waals surface area contributed by atoms with E-state index in [4.69, 9.17) is 4.42 Å². The highest BCUT2D eigenvalue weighted by molar-refractivity contribution is 6.13. The molecule has 0 aliphatic rings. The first kappa shape index (κ1) is 20.5. The summed E-state index contributed by atoms with van der Waals surface area (Å²) in [6.45, 7) is 11.0. The van der Waals surface area contributed by atoms with Gasteiger partial charge in [-0.1, -0.05) is 75.4 Å². The van der Waals surface area contributed by atoms with Crippen molar-refractivity contribution in [3.63, 3.8) is 0 Å². The minimum absolute atomic E-state index is 0.139. The van der Waals surface area contributed by atoms with Crippen LogP contribution in [-0.2, 0) is 12.5 Å². The summed E-state index contributed by atoms with van der Waals surface area (Å²) < 4.78 is 8.86. The van der Waals surface area contributed by atoms with Gasteiger partial charge in [-0.3, -0.25) is 0 Å². The van der Waals surface area contributed by atoms with Crippen molar-refractivity contribution >= 4 is 21.9 Å². The topological polar surface area (TPSA) is 17.0 Å². The molecule has 3 aromatic carbocycles. The second-order valence-corrected chi connectivity index (χ2v) is 9.95. The average molecular weight is 421 g/mol. The van der Waals surface area contributed by atoms with E-state index in [0.717, 1.165) is 38.8 Å². The highest BCUT2D eigenvalue weighted by Crippen LogP contribution is 2.40. The lowest BCUT2D eigenvalue weighted by Gasteiger charge is -2.19. The number of nitrogens with zero attached hydrogens (tertiary/aromatic N) is 1. The van der Waals surface area contributed by atoms with Crippen molar-refractivity contribution in [1.82, 2.24) is 0 Å². The van der Waals surface area contributed by atoms with E-state index in [1.807, 2.05) is 0 Å². The normalized spacial score (nSPS) is 12.1. The van der Waals surface area contributed by atoms with Gasteiger partial charge >= 0.3 is 0 Å². The Hall–Kier alpha value is -3.39. The molecule has 0 radical (unpaired) electrons. The van der Waals surface area contributed by atoms with Crippen LogP contribution in [0.3, 0.4) is 0 Å². The molecule has 2 aromatic heterocycles. The third-order valence-electron chi connectivity index (χ3n) is 6.47. The van der Waals surface area contributed by atoms with E-state index in [1.165, 1.54) is 22.3 Å². The molecule has 0 aliphatic carbocycles. The summed E-state index contributed by atoms with van der Waals surface area (Å²) in [6, 6.07) is 24.1. The van der Waals surface area contributed by atoms with E-state index in [1.54, 1.807) is 0 Å². The molecule has 5 rings (SSSR count). The molecule has 0 aliphatic heterocycles. The molecule has 0 N–H and O–H groups in total. The summed E-state index contributed by atoms with van der Waals surface area (Å²) in [5, 5.41) is 2.32. The van der Waals surface area contributed by atoms with Crippen molar-refractivity contribution in [1.29, 1.82) is 0 Å². The van der Waals surface area contributed by atoms with Crippen molar-refractivity contribution in [2.24, 2.45) is 7.05 Å². The first-order chi connectivity index (χ1) is 15.2. The van der Waals surface area contributed by atoms with Crippen LogP contribution in [0.15, 0.2) is 77.3 Å². The molecule has 0 unspecified atom stereocenters. The number of para-hydroxylation sites is 1. The van der Waals surface area contributed by atoms with Gasteiger partial charge in [0.05, 0.1) is 5.56 Å². The molecule has 5 aromatic rings. The predicted molar refractivity (Wildman–Crippen MR) is 134 cm³/mol. The molecular weight excluding hydrogens is 390 g/mol. The van der Waals surface area contributed by atoms with Crippen LogP contribution in [0.4, 0.5) is 0 Å². The van der Waals surface area contributed by atoms with Crippen LogP contribution in [0, 0.1) is 13.8 Å². The van der Waals surface area contributed by atoms with E-state index >= 15 is 0 Å². The first-order valence-corrected chi connectivity index (χ1v) is 11.3. The van der Waals surface area contributed by atoms with Gasteiger partial charge in [0.2, 0.25) is 5.69 Å². The molecule has 0 saturated heterocycles. The van der Waals surface area contributed by atoms with Crippen LogP contribution in [-0.4, -0.2) is 0 Å². The molecule has 0 bridgehead atoms. The lowest BCUT2D eigenvalue weighted by molar-refractivity contribution is -0.660. The molecule has 2 nitrogen and oxygen atoms in total. The van der Waals surface area contributed by atoms with Gasteiger partial charge in [-0.15, -0.1) is 0 Å². The highest BCUT2D eigenvalue weighted by Gasteiger charge is 2.22. The van der Waals surface area contributed by atoms with Crippen molar-refractivity contribution in [2.75, 3.05) is 0 Å². The molecule has 160 valence electrons. The third-order valence-corrected chi connectivity index (χ3v) is 6.47. The van der Waals surface area contributed by atoms with Gasteiger partial charge in [-0.2, -0.15) is 0 Å². The number of hydrogen-bond donors (Lipinski definition) is 0. The van der Waals surface area contributed by atoms with E-state index < -0.39 is 0 Å². The fourth-order valence-corrected chi connectivity index (χ4v) is 4.66. The van der Waals surface area contributed by atoms with Crippen molar-refractivity contribution in [2.45, 2.75) is 40.0 Å². The van der Waals surface area contributed by atoms with E-state index in [0.29, 0.717) is 0 Å². The Balaban J connectivity index is 1.76. The van der Waals surface area contributed by atoms with Crippen molar-refractivity contribution < 1.29 is 8.98 Å². The zero-order chi connectivity index (χ0) is 22.6. The Labute approximate surface area is 190 Å². The maximum absolute atomic E-state index is 6.67. The molecule has 32 heavy (non-hydrogen) atoms. The molecule has 0 fully saturated rings. The summed E-state index contributed by atoms with van der Waals surface area (Å²) in [5.41, 5.74) is 10.5. The fraction of sp³-hybridized carbons (Fsp3) is 0.233. The van der Waals surface area contributed by atoms with Crippen molar-refractivity contribution in [3.8, 4) is 22.4 Å². The molecular formula is C30H30NO+. The number of aryl methyl sites for hydroxylation is 3. The van der Waals surface area contributed by atoms with Gasteiger partial charge in [0.1, 0.15) is 18.2 Å². The quantitative estimate of drug-likeness (QED) is 0.268. The summed E-state index contributed by atoms with van der Waals surface area (Å²) in [7, 11) is 2.10. The number of benzene rings is 3. The second kappa shape index (κ2) is 7.34. The Bertz CT molecular complexity index is 1460. The van der Waals surface area contributed by atoms with Gasteiger partial charge in [-0.25, -0.2) is 4.57 Å². The summed E-state index contributed by atoms with van der Waals surface area (Å²) in [5.74, 6) is 0. The van der Waals surface area contributed by atoms with E-state index in [9.17, 15) is 0 Å². The second-order valence-electron chi connectivity index (χ2n) is 9.95. The minimum atomic E-state index is 0.139. The number of furan rings is 1. The SMILES string of the molecule is Cc1ccc(-c2c(C)ccc3c2oc2c(-c4ccc(C(C)(C)C)cc4)cccc23)[n+](C)c1. The summed E-state index contributed by atoms with van der Waals surface area (Å²) >= 11 is 0. The lowest BCUT2D eigenvalue weighted by atomic mass is 9.86. The largest absolute Gasteiger partial charge is 0.454 e. The fourth-order valence-electron chi connectivity index (χ4n) is 4.66. The highest BCUT2D eigenvalue weighted by atomic mass is 16.3. The lowest BCUT2D eigenvalue weighted by Crippen LogP contribution is -2.31. The number of hydrogen-bond acceptors (Lipinski definition) is 1. The van der Waals surface area contributed by atoms with Gasteiger partial charge in [0.25, 0.3) is 0 Å². The zero-order valence-electron chi connectivity index (χ0n) is 19.8. The third kappa shape index (κ3) is 3.31. The Morgan fingerprint density at radius 3 is 2.16 bits per heavy atom. The van der Waals surface area contributed by atoms with Crippen LogP contribution in [0.5, 0.6) is 0 Å². The summed E-state index contributed by atoms with van der Waals surface area (Å²) in [4.78, 5) is 0. The predicted octanol–water partition coefficient (Wildman–Crippen LogP) is 7.66. The molecule has 0 atom stereocenters. The molecule has 2 heterocycles. The standard InChI is InChI=1S/C30H30NO/c1-19-10-17-26(31(6)18-19)27-20(2)11-16-25-24-9-7-8-23(28(24)32-29(25)27)21-12-14-22(15-13-21)30(3,4)5/h7-18H,1-6H3/q+1. The minimum Gasteiger partial charge on any atom is -0.454 e. The number of aromatic nitrogens is 1. The van der Waals surface area contributed by atoms with Crippen molar-refractivity contribution in [3.05, 3.63) is 89.6 Å². The van der Waals surface area contributed by atoms with E-state index in [2.05, 4.69) is 119 Å². The van der Waals surface area contributed by atoms with Crippen LogP contribution in [0.2, 0.25) is 0 Å². The van der Waals surface area contributed by atoms with Gasteiger partial charge in [0, 0.05) is 28.0 Å². The molecule has 2 heteroatoms. The van der Waals surface area contributed by atoms with Gasteiger partial charge < -0.3 is 4.42 Å². The van der Waals surface area contributed by atoms with Crippen LogP contribution < -0.4 is 4.57 Å². The first-order valence-electron chi connectivity index (χ1n) is 11.3. The molecule has 0 saturated carbocycles. The maximum atomic E-state index is 6.67. The number of rotatable bonds is 2. The zero-order valence-corrected chi connectivity index (χ0v) is 19.8. The van der Waals surface area contributed by atoms with E-state index in [-0.39, 0.29) is 5.41 Å². The monoisotopic (exact) mass is 420 g/mol. The van der Waals surface area contributed by atoms with Gasteiger partial charge in [-0.05, 0) is 42.0 Å². The Morgan fingerprint density at radius 1 is 0.750 bits per heavy atom. The maximum Gasteiger partial charge on any atom is 0.216 e. The Kier molecular flexibility index (Phi) is 4.70. The number of pyridine rings is 1. The Morgan fingerprint density at radius 2 is 1.47 bits per heavy atom. The van der Waals surface area contributed by atoms with Gasteiger partial charge in [0.15, 0.2) is 6.20 Å². The number of fused-ring (bicyclic) bond motifs is 3. The smallest absolute Gasteiger partial charge is 0.216 e.